The Kier molecular flexibility index (Phi) is 3.71. The van der Waals surface area contributed by atoms with Crippen molar-refractivity contribution in [3.05, 3.63) is 29.8 Å². The topological polar surface area (TPSA) is 12.0 Å². The van der Waals surface area contributed by atoms with Gasteiger partial charge in [-0.05, 0) is 37.9 Å². The molecule has 2 atom stereocenters. The van der Waals surface area contributed by atoms with Crippen molar-refractivity contribution in [1.29, 1.82) is 0 Å². The van der Waals surface area contributed by atoms with Gasteiger partial charge in [-0.3, -0.25) is 0 Å². The van der Waals surface area contributed by atoms with E-state index in [1.807, 2.05) is 0 Å². The molecule has 1 N–H and O–H groups in total. The fourth-order valence-corrected chi connectivity index (χ4v) is 3.68. The van der Waals surface area contributed by atoms with Crippen molar-refractivity contribution < 1.29 is 0 Å². The van der Waals surface area contributed by atoms with E-state index in [1.165, 1.54) is 23.3 Å². The van der Waals surface area contributed by atoms with Gasteiger partial charge in [0.05, 0.1) is 0 Å². The Morgan fingerprint density at radius 2 is 2.27 bits per heavy atom. The Bertz CT molecular complexity index is 299. The highest BCUT2D eigenvalue weighted by Gasteiger charge is 2.22. The maximum absolute atomic E-state index is 3.49. The van der Waals surface area contributed by atoms with Crippen molar-refractivity contribution in [2.45, 2.75) is 42.9 Å². The van der Waals surface area contributed by atoms with E-state index < -0.39 is 0 Å². The van der Waals surface area contributed by atoms with Crippen LogP contribution in [-0.2, 0) is 6.42 Å². The molecule has 0 bridgehead atoms. The van der Waals surface area contributed by atoms with E-state index >= 15 is 0 Å². The number of fused-ring (bicyclic) bond motifs is 1. The molecule has 0 aliphatic carbocycles. The molecular formula is C13H19NS. The van der Waals surface area contributed by atoms with Crippen LogP contribution < -0.4 is 5.32 Å². The molecule has 1 aromatic carbocycles. The molecule has 0 aromatic heterocycles. The van der Waals surface area contributed by atoms with E-state index in [0.717, 1.165) is 11.8 Å². The van der Waals surface area contributed by atoms with Crippen LogP contribution in [0.5, 0.6) is 0 Å². The predicted octanol–water partition coefficient (Wildman–Crippen LogP) is 3.09. The maximum Gasteiger partial charge on any atom is 0.0150 e. The van der Waals surface area contributed by atoms with E-state index in [4.69, 9.17) is 0 Å². The lowest BCUT2D eigenvalue weighted by molar-refractivity contribution is 0.521. The first-order valence-corrected chi connectivity index (χ1v) is 6.65. The smallest absolute Gasteiger partial charge is 0.0150 e. The molecule has 1 aliphatic heterocycles. The van der Waals surface area contributed by atoms with Gasteiger partial charge in [-0.1, -0.05) is 25.1 Å². The van der Waals surface area contributed by atoms with Crippen LogP contribution in [-0.4, -0.2) is 17.8 Å². The quantitative estimate of drug-likeness (QED) is 0.838. The number of hydrogen-bond donors (Lipinski definition) is 1. The third-order valence-electron chi connectivity index (χ3n) is 2.88. The highest BCUT2D eigenvalue weighted by molar-refractivity contribution is 8.00. The molecule has 1 nitrogen and oxygen atoms in total. The molecule has 0 amide bonds. The zero-order valence-electron chi connectivity index (χ0n) is 9.49. The zero-order valence-corrected chi connectivity index (χ0v) is 10.3. The number of rotatable bonds is 4. The lowest BCUT2D eigenvalue weighted by Crippen LogP contribution is -2.28. The highest BCUT2D eigenvalue weighted by atomic mass is 32.2. The third kappa shape index (κ3) is 2.76. The van der Waals surface area contributed by atoms with Gasteiger partial charge in [0.1, 0.15) is 0 Å². The summed E-state index contributed by atoms with van der Waals surface area (Å²) in [4.78, 5) is 1.49. The van der Waals surface area contributed by atoms with Gasteiger partial charge in [0, 0.05) is 16.2 Å². The lowest BCUT2D eigenvalue weighted by Gasteiger charge is -2.16. The minimum absolute atomic E-state index is 0.641. The summed E-state index contributed by atoms with van der Waals surface area (Å²) < 4.78 is 0. The Hall–Kier alpha value is -0.470. The summed E-state index contributed by atoms with van der Waals surface area (Å²) in [6.07, 6.45) is 2.52. The molecule has 2 unspecified atom stereocenters. The Labute approximate surface area is 96.7 Å². The van der Waals surface area contributed by atoms with Gasteiger partial charge in [-0.25, -0.2) is 0 Å². The van der Waals surface area contributed by atoms with Crippen molar-refractivity contribution in [2.24, 2.45) is 0 Å². The SMILES string of the molecule is CCNC(C)CC1Cc2ccccc2S1. The van der Waals surface area contributed by atoms with Gasteiger partial charge >= 0.3 is 0 Å². The molecule has 2 rings (SSSR count). The lowest BCUT2D eigenvalue weighted by atomic mass is 10.1. The van der Waals surface area contributed by atoms with Crippen LogP contribution in [0, 0.1) is 0 Å². The molecule has 0 radical (unpaired) electrons. The molecule has 15 heavy (non-hydrogen) atoms. The Balaban J connectivity index is 1.90. The Morgan fingerprint density at radius 3 is 3.00 bits per heavy atom. The Morgan fingerprint density at radius 1 is 1.47 bits per heavy atom. The molecule has 0 spiro atoms. The van der Waals surface area contributed by atoms with Crippen molar-refractivity contribution in [3.8, 4) is 0 Å². The molecule has 1 heterocycles. The van der Waals surface area contributed by atoms with Crippen LogP contribution in [0.1, 0.15) is 25.8 Å². The second kappa shape index (κ2) is 5.04. The van der Waals surface area contributed by atoms with Gasteiger partial charge in [0.2, 0.25) is 0 Å². The van der Waals surface area contributed by atoms with Gasteiger partial charge in [0.15, 0.2) is 0 Å². The molecule has 0 saturated carbocycles. The second-order valence-electron chi connectivity index (χ2n) is 4.25. The van der Waals surface area contributed by atoms with E-state index in [9.17, 15) is 0 Å². The van der Waals surface area contributed by atoms with Crippen molar-refractivity contribution >= 4 is 11.8 Å². The maximum atomic E-state index is 3.49. The van der Waals surface area contributed by atoms with Gasteiger partial charge in [-0.2, -0.15) is 0 Å². The van der Waals surface area contributed by atoms with E-state index in [0.29, 0.717) is 6.04 Å². The number of hydrogen-bond acceptors (Lipinski definition) is 2. The summed E-state index contributed by atoms with van der Waals surface area (Å²) >= 11 is 2.05. The number of nitrogens with one attached hydrogen (secondary N) is 1. The molecule has 1 aromatic rings. The summed E-state index contributed by atoms with van der Waals surface area (Å²) in [6, 6.07) is 9.44. The first-order chi connectivity index (χ1) is 7.29. The molecule has 1 aliphatic rings. The summed E-state index contributed by atoms with van der Waals surface area (Å²) in [6.45, 7) is 5.53. The first-order valence-electron chi connectivity index (χ1n) is 5.77. The third-order valence-corrected chi connectivity index (χ3v) is 4.23. The minimum Gasteiger partial charge on any atom is -0.314 e. The fourth-order valence-electron chi connectivity index (χ4n) is 2.21. The molecule has 0 fully saturated rings. The number of thioether (sulfide) groups is 1. The molecule has 0 saturated heterocycles. The summed E-state index contributed by atoms with van der Waals surface area (Å²) in [7, 11) is 0. The highest BCUT2D eigenvalue weighted by Crippen LogP contribution is 2.38. The van der Waals surface area contributed by atoms with Gasteiger partial charge in [0.25, 0.3) is 0 Å². The summed E-state index contributed by atoms with van der Waals surface area (Å²) in [5, 5.41) is 4.26. The molecule has 2 heteroatoms. The normalized spacial score (nSPS) is 21.3. The summed E-state index contributed by atoms with van der Waals surface area (Å²) in [5.74, 6) is 0. The summed E-state index contributed by atoms with van der Waals surface area (Å²) in [5.41, 5.74) is 1.54. The second-order valence-corrected chi connectivity index (χ2v) is 5.59. The van der Waals surface area contributed by atoms with Gasteiger partial charge < -0.3 is 5.32 Å². The van der Waals surface area contributed by atoms with Gasteiger partial charge in [-0.15, -0.1) is 11.8 Å². The van der Waals surface area contributed by atoms with E-state index in [-0.39, 0.29) is 0 Å². The number of benzene rings is 1. The van der Waals surface area contributed by atoms with Crippen LogP contribution in [0.2, 0.25) is 0 Å². The van der Waals surface area contributed by atoms with E-state index in [1.54, 1.807) is 0 Å². The van der Waals surface area contributed by atoms with Crippen LogP contribution in [0.3, 0.4) is 0 Å². The first kappa shape index (κ1) is 11.0. The van der Waals surface area contributed by atoms with Crippen LogP contribution in [0.4, 0.5) is 0 Å². The van der Waals surface area contributed by atoms with Crippen molar-refractivity contribution in [2.75, 3.05) is 6.54 Å². The predicted molar refractivity (Wildman–Crippen MR) is 67.5 cm³/mol. The molecule has 82 valence electrons. The average molecular weight is 221 g/mol. The zero-order chi connectivity index (χ0) is 10.7. The van der Waals surface area contributed by atoms with Crippen LogP contribution in [0.15, 0.2) is 29.2 Å². The largest absolute Gasteiger partial charge is 0.314 e. The van der Waals surface area contributed by atoms with Crippen LogP contribution in [0.25, 0.3) is 0 Å². The van der Waals surface area contributed by atoms with Crippen molar-refractivity contribution in [1.82, 2.24) is 5.32 Å². The monoisotopic (exact) mass is 221 g/mol. The minimum atomic E-state index is 0.641. The average Bonchev–Trinajstić information content (AvgIpc) is 2.59. The molecular weight excluding hydrogens is 202 g/mol. The fraction of sp³-hybridized carbons (Fsp3) is 0.538. The van der Waals surface area contributed by atoms with Crippen molar-refractivity contribution in [3.63, 3.8) is 0 Å². The standard InChI is InChI=1S/C13H19NS/c1-3-14-10(2)8-12-9-11-6-4-5-7-13(11)15-12/h4-7,10,12,14H,3,8-9H2,1-2H3. The van der Waals surface area contributed by atoms with E-state index in [2.05, 4.69) is 55.2 Å². The van der Waals surface area contributed by atoms with Crippen LogP contribution >= 0.6 is 11.8 Å².